The number of rotatable bonds is 3. The molecule has 0 aliphatic heterocycles. The summed E-state index contributed by atoms with van der Waals surface area (Å²) < 4.78 is 0. The van der Waals surface area contributed by atoms with Crippen LogP contribution in [0.25, 0.3) is 0 Å². The number of hydrogen-bond acceptors (Lipinski definition) is 1. The van der Waals surface area contributed by atoms with Crippen molar-refractivity contribution in [2.24, 2.45) is 22.7 Å². The average molecular weight is 257 g/mol. The molecule has 1 nitrogen and oxygen atoms in total. The zero-order valence-electron chi connectivity index (χ0n) is 12.8. The van der Waals surface area contributed by atoms with Gasteiger partial charge in [-0.05, 0) is 49.5 Å². The van der Waals surface area contributed by atoms with Gasteiger partial charge in [-0.3, -0.25) is 4.99 Å². The van der Waals surface area contributed by atoms with E-state index in [4.69, 9.17) is 4.99 Å². The van der Waals surface area contributed by atoms with Gasteiger partial charge in [0, 0.05) is 5.71 Å². The van der Waals surface area contributed by atoms with Gasteiger partial charge in [-0.15, -0.1) is 0 Å². The molecule has 0 amide bonds. The van der Waals surface area contributed by atoms with Crippen molar-refractivity contribution in [1.29, 1.82) is 0 Å². The van der Waals surface area contributed by atoms with Crippen LogP contribution >= 0.6 is 0 Å². The fraction of sp³-hybridized carbons (Fsp3) is 0.611. The highest BCUT2D eigenvalue weighted by Crippen LogP contribution is 2.33. The van der Waals surface area contributed by atoms with Crippen molar-refractivity contribution in [2.45, 2.75) is 53.0 Å². The Bertz CT molecular complexity index is 419. The number of nitrogens with zero attached hydrogens (tertiary/aromatic N) is 1. The Balaban J connectivity index is 2.18. The first-order valence-corrected chi connectivity index (χ1v) is 7.69. The zero-order valence-corrected chi connectivity index (χ0v) is 12.8. The minimum atomic E-state index is 0.294. The van der Waals surface area contributed by atoms with Gasteiger partial charge < -0.3 is 0 Å². The summed E-state index contributed by atoms with van der Waals surface area (Å²) >= 11 is 0. The largest absolute Gasteiger partial charge is 0.286 e. The van der Waals surface area contributed by atoms with Crippen LogP contribution in [0, 0.1) is 17.8 Å². The third-order valence-electron chi connectivity index (χ3n) is 4.40. The Morgan fingerprint density at radius 2 is 1.74 bits per heavy atom. The number of aliphatic imine (C=N–C) groups is 1. The van der Waals surface area contributed by atoms with Crippen LogP contribution < -0.4 is 0 Å². The fourth-order valence-corrected chi connectivity index (χ4v) is 3.16. The zero-order chi connectivity index (χ0) is 13.8. The molecule has 0 unspecified atom stereocenters. The van der Waals surface area contributed by atoms with Gasteiger partial charge in [0.15, 0.2) is 0 Å². The molecule has 104 valence electrons. The molecule has 19 heavy (non-hydrogen) atoms. The Morgan fingerprint density at radius 1 is 1.05 bits per heavy atom. The summed E-state index contributed by atoms with van der Waals surface area (Å²) in [6, 6.07) is 11.0. The van der Waals surface area contributed by atoms with Crippen LogP contribution in [-0.4, -0.2) is 5.71 Å². The molecule has 1 heteroatoms. The van der Waals surface area contributed by atoms with Crippen LogP contribution in [0.2, 0.25) is 0 Å². The molecule has 0 N–H and O–H groups in total. The van der Waals surface area contributed by atoms with Crippen molar-refractivity contribution in [1.82, 2.24) is 0 Å². The van der Waals surface area contributed by atoms with Crippen LogP contribution in [0.15, 0.2) is 35.3 Å². The molecule has 1 aliphatic carbocycles. The maximum Gasteiger partial charge on any atom is 0.0720 e. The molecule has 1 fully saturated rings. The first kappa shape index (κ1) is 14.3. The second-order valence-corrected chi connectivity index (χ2v) is 6.44. The van der Waals surface area contributed by atoms with E-state index in [0.717, 1.165) is 5.92 Å². The lowest BCUT2D eigenvalue weighted by atomic mass is 9.76. The Morgan fingerprint density at radius 3 is 2.37 bits per heavy atom. The lowest BCUT2D eigenvalue weighted by molar-refractivity contribution is 0.363. The van der Waals surface area contributed by atoms with Crippen molar-refractivity contribution in [3.8, 4) is 0 Å². The van der Waals surface area contributed by atoms with Crippen molar-refractivity contribution in [2.75, 3.05) is 0 Å². The van der Waals surface area contributed by atoms with Crippen molar-refractivity contribution in [3.05, 3.63) is 35.9 Å². The maximum absolute atomic E-state index is 5.08. The molecule has 2 rings (SSSR count). The van der Waals surface area contributed by atoms with Gasteiger partial charge in [-0.1, -0.05) is 51.1 Å². The molecule has 0 heterocycles. The van der Waals surface area contributed by atoms with Crippen molar-refractivity contribution >= 4 is 5.71 Å². The molecular weight excluding hydrogens is 230 g/mol. The molecule has 1 saturated carbocycles. The monoisotopic (exact) mass is 257 g/mol. The third kappa shape index (κ3) is 3.68. The van der Waals surface area contributed by atoms with Gasteiger partial charge in [0.25, 0.3) is 0 Å². The molecular formula is C18H27N. The van der Waals surface area contributed by atoms with Crippen LogP contribution in [0.5, 0.6) is 0 Å². The van der Waals surface area contributed by atoms with E-state index < -0.39 is 0 Å². The molecule has 1 aliphatic rings. The van der Waals surface area contributed by atoms with Gasteiger partial charge in [0.05, 0.1) is 6.04 Å². The van der Waals surface area contributed by atoms with E-state index in [0.29, 0.717) is 17.9 Å². The Labute approximate surface area is 118 Å². The van der Waals surface area contributed by atoms with Crippen LogP contribution in [0.3, 0.4) is 0 Å². The predicted molar refractivity (Wildman–Crippen MR) is 83.6 cm³/mol. The Hall–Kier alpha value is -1.11. The molecule has 0 radical (unpaired) electrons. The van der Waals surface area contributed by atoms with Crippen LogP contribution in [0.1, 0.15) is 58.6 Å². The first-order chi connectivity index (χ1) is 9.08. The fourth-order valence-electron chi connectivity index (χ4n) is 3.16. The summed E-state index contributed by atoms with van der Waals surface area (Å²) in [4.78, 5) is 5.08. The summed E-state index contributed by atoms with van der Waals surface area (Å²) in [6.07, 6.45) is 3.88. The second-order valence-electron chi connectivity index (χ2n) is 6.44. The van der Waals surface area contributed by atoms with Crippen molar-refractivity contribution in [3.63, 3.8) is 0 Å². The average Bonchev–Trinajstić information content (AvgIpc) is 2.39. The van der Waals surface area contributed by atoms with Gasteiger partial charge in [-0.2, -0.15) is 0 Å². The van der Waals surface area contributed by atoms with E-state index in [2.05, 4.69) is 58.0 Å². The van der Waals surface area contributed by atoms with E-state index in [1.165, 1.54) is 30.5 Å². The lowest BCUT2D eigenvalue weighted by Crippen LogP contribution is -2.28. The highest BCUT2D eigenvalue weighted by Gasteiger charge is 2.27. The van der Waals surface area contributed by atoms with E-state index >= 15 is 0 Å². The van der Waals surface area contributed by atoms with Gasteiger partial charge in [0.2, 0.25) is 0 Å². The summed E-state index contributed by atoms with van der Waals surface area (Å²) in [6.45, 7) is 9.25. The van der Waals surface area contributed by atoms with Gasteiger partial charge in [0.1, 0.15) is 0 Å². The van der Waals surface area contributed by atoms with E-state index in [-0.39, 0.29) is 0 Å². The third-order valence-corrected chi connectivity index (χ3v) is 4.40. The minimum absolute atomic E-state index is 0.294. The molecule has 1 aromatic carbocycles. The summed E-state index contributed by atoms with van der Waals surface area (Å²) in [5.41, 5.74) is 2.79. The molecule has 0 saturated heterocycles. The minimum Gasteiger partial charge on any atom is -0.286 e. The highest BCUT2D eigenvalue weighted by atomic mass is 14.8. The summed E-state index contributed by atoms with van der Waals surface area (Å²) in [7, 11) is 0. The Kier molecular flexibility index (Phi) is 4.79. The first-order valence-electron chi connectivity index (χ1n) is 7.69. The molecule has 3 atom stereocenters. The topological polar surface area (TPSA) is 12.4 Å². The van der Waals surface area contributed by atoms with Crippen molar-refractivity contribution < 1.29 is 0 Å². The predicted octanol–water partition coefficient (Wildman–Crippen LogP) is 5.28. The molecule has 0 spiro atoms. The summed E-state index contributed by atoms with van der Waals surface area (Å²) in [5, 5.41) is 0. The smallest absolute Gasteiger partial charge is 0.0720 e. The van der Waals surface area contributed by atoms with E-state index in [1.807, 2.05) is 0 Å². The second kappa shape index (κ2) is 6.36. The SMILES string of the molecule is CC(C)[C@@H]1CC[C@@H](C)CC1=N[C@H](C)c1ccccc1. The highest BCUT2D eigenvalue weighted by molar-refractivity contribution is 5.88. The quantitative estimate of drug-likeness (QED) is 0.698. The normalized spacial score (nSPS) is 27.7. The summed E-state index contributed by atoms with van der Waals surface area (Å²) in [5.74, 6) is 2.22. The van der Waals surface area contributed by atoms with E-state index in [9.17, 15) is 0 Å². The van der Waals surface area contributed by atoms with Gasteiger partial charge in [-0.25, -0.2) is 0 Å². The van der Waals surface area contributed by atoms with Crippen LogP contribution in [0.4, 0.5) is 0 Å². The molecule has 0 aromatic heterocycles. The van der Waals surface area contributed by atoms with Crippen LogP contribution in [-0.2, 0) is 0 Å². The van der Waals surface area contributed by atoms with E-state index in [1.54, 1.807) is 0 Å². The number of hydrogen-bond donors (Lipinski definition) is 0. The maximum atomic E-state index is 5.08. The standard InChI is InChI=1S/C18H27N/c1-13(2)17-11-10-14(3)12-18(17)19-15(4)16-8-6-5-7-9-16/h5-9,13-15,17H,10-12H2,1-4H3/t14-,15-,17+/m1/s1. The lowest BCUT2D eigenvalue weighted by Gasteiger charge is -2.31. The number of benzene rings is 1. The van der Waals surface area contributed by atoms with Gasteiger partial charge >= 0.3 is 0 Å². The molecule has 1 aromatic rings. The molecule has 0 bridgehead atoms.